The fraction of sp³-hybridized carbons (Fsp3) is 0.429. The summed E-state index contributed by atoms with van der Waals surface area (Å²) >= 11 is 0. The van der Waals surface area contributed by atoms with Crippen LogP contribution in [0.3, 0.4) is 0 Å². The van der Waals surface area contributed by atoms with Crippen molar-refractivity contribution in [2.75, 3.05) is 6.61 Å². The van der Waals surface area contributed by atoms with E-state index in [1.54, 1.807) is 6.92 Å². The van der Waals surface area contributed by atoms with Crippen LogP contribution < -0.4 is 9.47 Å². The van der Waals surface area contributed by atoms with Crippen molar-refractivity contribution in [3.8, 4) is 11.5 Å². The third kappa shape index (κ3) is 3.49. The molecule has 1 heterocycles. The SMILES string of the molecule is CCOc1cc(C=NN2C(=O)C3C4C=CC(C4)C3C2=O)cc([N+](=O)[O-])c1OC(C)C(=O)O. The molecule has 1 N–H and O–H groups in total. The lowest BCUT2D eigenvalue weighted by Gasteiger charge is -2.15. The average molecular weight is 443 g/mol. The van der Waals surface area contributed by atoms with Crippen molar-refractivity contribution >= 4 is 29.7 Å². The van der Waals surface area contributed by atoms with E-state index in [1.807, 2.05) is 12.2 Å². The fourth-order valence-electron chi connectivity index (χ4n) is 4.55. The van der Waals surface area contributed by atoms with Crippen LogP contribution in [0.4, 0.5) is 5.69 Å². The summed E-state index contributed by atoms with van der Waals surface area (Å²) in [6.45, 7) is 3.03. The van der Waals surface area contributed by atoms with Crippen molar-refractivity contribution in [3.63, 3.8) is 0 Å². The number of hydrazone groups is 1. The van der Waals surface area contributed by atoms with Crippen molar-refractivity contribution < 1.29 is 33.9 Å². The second-order valence-corrected chi connectivity index (χ2v) is 7.89. The Labute approximate surface area is 182 Å². The number of carboxylic acid groups (broad SMARTS) is 1. The van der Waals surface area contributed by atoms with E-state index in [-0.39, 0.29) is 47.3 Å². The van der Waals surface area contributed by atoms with Gasteiger partial charge in [0.25, 0.3) is 11.8 Å². The molecular weight excluding hydrogens is 422 g/mol. The molecule has 1 saturated heterocycles. The summed E-state index contributed by atoms with van der Waals surface area (Å²) in [6.07, 6.45) is 4.56. The monoisotopic (exact) mass is 443 g/mol. The number of nitro groups is 1. The van der Waals surface area contributed by atoms with Gasteiger partial charge in [-0.1, -0.05) is 12.2 Å². The number of carbonyl (C=O) groups is 3. The van der Waals surface area contributed by atoms with Crippen LogP contribution in [0.2, 0.25) is 0 Å². The Hall–Kier alpha value is -3.76. The minimum absolute atomic E-state index is 0.0416. The second kappa shape index (κ2) is 8.06. The molecule has 2 fully saturated rings. The van der Waals surface area contributed by atoms with Gasteiger partial charge in [0.05, 0.1) is 29.6 Å². The molecule has 0 aromatic heterocycles. The molecule has 2 amide bonds. The lowest BCUT2D eigenvalue weighted by Crippen LogP contribution is -2.28. The van der Waals surface area contributed by atoms with Crippen LogP contribution in [0.1, 0.15) is 25.8 Å². The van der Waals surface area contributed by atoms with Crippen molar-refractivity contribution in [1.29, 1.82) is 0 Å². The van der Waals surface area contributed by atoms with Crippen LogP contribution in [-0.4, -0.2) is 51.7 Å². The Kier molecular flexibility index (Phi) is 5.41. The first-order chi connectivity index (χ1) is 15.2. The summed E-state index contributed by atoms with van der Waals surface area (Å²) in [5, 5.41) is 25.6. The zero-order valence-corrected chi connectivity index (χ0v) is 17.3. The number of nitro benzene ring substituents is 1. The van der Waals surface area contributed by atoms with Gasteiger partial charge in [0.2, 0.25) is 5.75 Å². The highest BCUT2D eigenvalue weighted by molar-refractivity contribution is 6.06. The molecule has 1 aromatic rings. The quantitative estimate of drug-likeness (QED) is 0.211. The van der Waals surface area contributed by atoms with Crippen molar-refractivity contribution in [3.05, 3.63) is 40.0 Å². The highest BCUT2D eigenvalue weighted by Gasteiger charge is 2.59. The van der Waals surface area contributed by atoms with E-state index in [2.05, 4.69) is 5.10 Å². The number of nitrogens with zero attached hydrogens (tertiary/aromatic N) is 3. The van der Waals surface area contributed by atoms with Gasteiger partial charge in [-0.2, -0.15) is 10.1 Å². The maximum Gasteiger partial charge on any atom is 0.344 e. The van der Waals surface area contributed by atoms with Gasteiger partial charge in [-0.15, -0.1) is 0 Å². The van der Waals surface area contributed by atoms with Gasteiger partial charge in [-0.25, -0.2) is 4.79 Å². The number of hydrogen-bond acceptors (Lipinski definition) is 8. The third-order valence-electron chi connectivity index (χ3n) is 5.97. The van der Waals surface area contributed by atoms with Gasteiger partial charge in [-0.3, -0.25) is 19.7 Å². The van der Waals surface area contributed by atoms with Crippen molar-refractivity contribution in [2.45, 2.75) is 26.4 Å². The summed E-state index contributed by atoms with van der Waals surface area (Å²) in [4.78, 5) is 47.5. The van der Waals surface area contributed by atoms with Gasteiger partial charge in [0.1, 0.15) is 0 Å². The van der Waals surface area contributed by atoms with Gasteiger partial charge in [0, 0.05) is 11.6 Å². The van der Waals surface area contributed by atoms with E-state index in [0.29, 0.717) is 0 Å². The largest absolute Gasteiger partial charge is 0.490 e. The molecule has 0 radical (unpaired) electrons. The second-order valence-electron chi connectivity index (χ2n) is 7.89. The normalized spacial score (nSPS) is 26.6. The number of amides is 2. The molecule has 1 aliphatic heterocycles. The van der Waals surface area contributed by atoms with E-state index in [4.69, 9.17) is 14.6 Å². The molecule has 2 aliphatic carbocycles. The summed E-state index contributed by atoms with van der Waals surface area (Å²) in [7, 11) is 0. The summed E-state index contributed by atoms with van der Waals surface area (Å²) in [6, 6.07) is 2.49. The molecule has 2 bridgehead atoms. The first kappa shape index (κ1) is 21.5. The van der Waals surface area contributed by atoms with Crippen LogP contribution in [-0.2, 0) is 14.4 Å². The summed E-state index contributed by atoms with van der Waals surface area (Å²) in [5.41, 5.74) is -0.335. The molecule has 4 rings (SSSR count). The van der Waals surface area contributed by atoms with Crippen LogP contribution in [0.15, 0.2) is 29.4 Å². The average Bonchev–Trinajstić information content (AvgIpc) is 3.42. The number of carbonyl (C=O) groups excluding carboxylic acids is 2. The van der Waals surface area contributed by atoms with Crippen LogP contribution in [0, 0.1) is 33.8 Å². The van der Waals surface area contributed by atoms with Gasteiger partial charge < -0.3 is 14.6 Å². The zero-order chi connectivity index (χ0) is 23.2. The number of carboxylic acids is 1. The van der Waals surface area contributed by atoms with Crippen LogP contribution in [0.5, 0.6) is 11.5 Å². The summed E-state index contributed by atoms with van der Waals surface area (Å²) in [5.74, 6) is -3.14. The predicted octanol–water partition coefficient (Wildman–Crippen LogP) is 1.99. The minimum Gasteiger partial charge on any atom is -0.490 e. The molecule has 5 atom stereocenters. The smallest absolute Gasteiger partial charge is 0.344 e. The molecule has 168 valence electrons. The minimum atomic E-state index is -1.35. The molecule has 1 saturated carbocycles. The maximum absolute atomic E-state index is 12.7. The lowest BCUT2D eigenvalue weighted by atomic mass is 9.85. The van der Waals surface area contributed by atoms with Gasteiger partial charge in [-0.05, 0) is 38.2 Å². The highest BCUT2D eigenvalue weighted by Crippen LogP contribution is 2.52. The Morgan fingerprint density at radius 1 is 1.31 bits per heavy atom. The van der Waals surface area contributed by atoms with Crippen molar-refractivity contribution in [1.82, 2.24) is 5.01 Å². The van der Waals surface area contributed by atoms with Gasteiger partial charge >= 0.3 is 11.7 Å². The standard InChI is InChI=1S/C21H21N3O8/c1-3-31-15-7-11(6-14(24(29)30)18(15)32-10(2)21(27)28)9-22-23-19(25)16-12-4-5-13(8-12)17(16)20(23)26/h4-7,9-10,12-13,16-17H,3,8H2,1-2H3,(H,27,28). The Balaban J connectivity index is 1.64. The maximum atomic E-state index is 12.7. The number of ether oxygens (including phenoxy) is 2. The Bertz CT molecular complexity index is 1040. The Morgan fingerprint density at radius 2 is 1.94 bits per heavy atom. The molecular formula is C21H21N3O8. The number of benzene rings is 1. The lowest BCUT2D eigenvalue weighted by molar-refractivity contribution is -0.386. The molecule has 0 spiro atoms. The van der Waals surface area contributed by atoms with E-state index < -0.39 is 34.5 Å². The Morgan fingerprint density at radius 3 is 2.47 bits per heavy atom. The van der Waals surface area contributed by atoms with E-state index in [9.17, 15) is 24.5 Å². The topological polar surface area (TPSA) is 149 Å². The number of rotatable bonds is 8. The first-order valence-electron chi connectivity index (χ1n) is 10.2. The number of fused-ring (bicyclic) bond motifs is 5. The molecule has 11 heteroatoms. The van der Waals surface area contributed by atoms with Crippen LogP contribution >= 0.6 is 0 Å². The molecule has 5 unspecified atom stereocenters. The first-order valence-corrected chi connectivity index (χ1v) is 10.2. The third-order valence-corrected chi connectivity index (χ3v) is 5.97. The number of allylic oxidation sites excluding steroid dienone is 2. The van der Waals surface area contributed by atoms with E-state index in [1.165, 1.54) is 19.2 Å². The van der Waals surface area contributed by atoms with Crippen molar-refractivity contribution in [2.24, 2.45) is 28.8 Å². The highest BCUT2D eigenvalue weighted by atomic mass is 16.6. The number of imide groups is 1. The van der Waals surface area contributed by atoms with E-state index in [0.717, 1.165) is 17.5 Å². The number of aliphatic carboxylic acids is 1. The van der Waals surface area contributed by atoms with Gasteiger partial charge in [0.15, 0.2) is 11.9 Å². The molecule has 11 nitrogen and oxygen atoms in total. The fourth-order valence-corrected chi connectivity index (χ4v) is 4.55. The van der Waals surface area contributed by atoms with Crippen LogP contribution in [0.25, 0.3) is 0 Å². The zero-order valence-electron chi connectivity index (χ0n) is 17.3. The molecule has 32 heavy (non-hydrogen) atoms. The summed E-state index contributed by atoms with van der Waals surface area (Å²) < 4.78 is 10.7. The molecule has 3 aliphatic rings. The predicted molar refractivity (Wildman–Crippen MR) is 109 cm³/mol. The van der Waals surface area contributed by atoms with E-state index >= 15 is 0 Å². The molecule has 1 aromatic carbocycles. The number of hydrogen-bond donors (Lipinski definition) is 1.